The highest BCUT2D eigenvalue weighted by Gasteiger charge is 2.44. The van der Waals surface area contributed by atoms with E-state index in [0.717, 1.165) is 25.1 Å². The van der Waals surface area contributed by atoms with Crippen molar-refractivity contribution in [3.05, 3.63) is 65.7 Å². The highest BCUT2D eigenvalue weighted by atomic mass is 32.2. The molecular weight excluding hydrogens is 360 g/mol. The zero-order valence-corrected chi connectivity index (χ0v) is 16.4. The maximum atomic E-state index is 13.0. The van der Waals surface area contributed by atoms with Crippen molar-refractivity contribution in [2.24, 2.45) is 0 Å². The van der Waals surface area contributed by atoms with Crippen molar-refractivity contribution in [1.82, 2.24) is 9.21 Å². The van der Waals surface area contributed by atoms with Gasteiger partial charge in [-0.2, -0.15) is 4.31 Å². The van der Waals surface area contributed by atoms with Gasteiger partial charge in [-0.25, -0.2) is 8.42 Å². The van der Waals surface area contributed by atoms with Gasteiger partial charge in [0.25, 0.3) is 0 Å². The molecule has 0 amide bonds. The van der Waals surface area contributed by atoms with Crippen LogP contribution in [0.25, 0.3) is 0 Å². The molecule has 27 heavy (non-hydrogen) atoms. The van der Waals surface area contributed by atoms with E-state index in [9.17, 15) is 8.42 Å². The number of sulfonamides is 1. The number of benzene rings is 2. The third kappa shape index (κ3) is 3.94. The van der Waals surface area contributed by atoms with E-state index in [1.54, 1.807) is 16.4 Å². The molecule has 0 radical (unpaired) electrons. The van der Waals surface area contributed by atoms with Crippen molar-refractivity contribution >= 4 is 10.0 Å². The van der Waals surface area contributed by atoms with Crippen molar-refractivity contribution < 1.29 is 13.2 Å². The van der Waals surface area contributed by atoms with Gasteiger partial charge in [-0.3, -0.25) is 4.90 Å². The summed E-state index contributed by atoms with van der Waals surface area (Å²) in [7, 11) is -3.48. The number of fused-ring (bicyclic) bond motifs is 1. The molecule has 1 unspecified atom stereocenters. The quantitative estimate of drug-likeness (QED) is 0.791. The van der Waals surface area contributed by atoms with Gasteiger partial charge in [-0.05, 0) is 31.0 Å². The summed E-state index contributed by atoms with van der Waals surface area (Å²) < 4.78 is 33.6. The molecule has 0 aromatic heterocycles. The van der Waals surface area contributed by atoms with Crippen LogP contribution in [0.15, 0.2) is 59.5 Å². The minimum absolute atomic E-state index is 0.0465. The highest BCUT2D eigenvalue weighted by molar-refractivity contribution is 7.89. The Morgan fingerprint density at radius 3 is 2.52 bits per heavy atom. The van der Waals surface area contributed by atoms with Crippen molar-refractivity contribution in [3.63, 3.8) is 0 Å². The Morgan fingerprint density at radius 2 is 1.78 bits per heavy atom. The van der Waals surface area contributed by atoms with E-state index in [1.807, 2.05) is 25.1 Å². The van der Waals surface area contributed by atoms with Crippen LogP contribution in [0.1, 0.15) is 11.1 Å². The van der Waals surface area contributed by atoms with Crippen LogP contribution in [0.4, 0.5) is 0 Å². The van der Waals surface area contributed by atoms with Crippen LogP contribution in [0.3, 0.4) is 0 Å². The number of aryl methyl sites for hydroxylation is 1. The summed E-state index contributed by atoms with van der Waals surface area (Å²) in [6.45, 7) is 5.32. The molecule has 2 aliphatic rings. The molecule has 4 rings (SSSR count). The average Bonchev–Trinajstić information content (AvgIpc) is 3.13. The lowest BCUT2D eigenvalue weighted by atomic mass is 10.1. The van der Waals surface area contributed by atoms with E-state index in [1.165, 1.54) is 5.56 Å². The summed E-state index contributed by atoms with van der Waals surface area (Å²) in [5.74, 6) is 0. The second kappa shape index (κ2) is 7.72. The van der Waals surface area contributed by atoms with Crippen LogP contribution in [0, 0.1) is 6.92 Å². The molecule has 2 atom stereocenters. The van der Waals surface area contributed by atoms with Crippen LogP contribution in [0.2, 0.25) is 0 Å². The molecule has 2 saturated heterocycles. The lowest BCUT2D eigenvalue weighted by molar-refractivity contribution is -0.0463. The van der Waals surface area contributed by atoms with Crippen molar-refractivity contribution in [1.29, 1.82) is 0 Å². The number of ether oxygens (including phenoxy) is 1. The van der Waals surface area contributed by atoms with Gasteiger partial charge in [-0.15, -0.1) is 0 Å². The molecule has 2 heterocycles. The molecular formula is C21H26N2O3S. The SMILES string of the molecule is Cc1ccc(S(=O)(=O)N2CC3OCCN(CCc4ccccc4)[C@H]3C2)cc1. The van der Waals surface area contributed by atoms with Gasteiger partial charge in [0.2, 0.25) is 10.0 Å². The summed E-state index contributed by atoms with van der Waals surface area (Å²) in [6.07, 6.45) is 0.921. The standard InChI is InChI=1S/C21H26N2O3S/c1-17-7-9-19(10-8-17)27(24,25)23-15-20-21(16-23)26-14-13-22(20)12-11-18-5-3-2-4-6-18/h2-10,20-21H,11-16H2,1H3/t20-,21?/m0/s1. The fraction of sp³-hybridized carbons (Fsp3) is 0.429. The average molecular weight is 387 g/mol. The summed E-state index contributed by atoms with van der Waals surface area (Å²) in [5.41, 5.74) is 2.36. The largest absolute Gasteiger partial charge is 0.374 e. The van der Waals surface area contributed by atoms with Gasteiger partial charge in [0.05, 0.1) is 23.6 Å². The number of morpholine rings is 1. The Kier molecular flexibility index (Phi) is 5.32. The molecule has 144 valence electrons. The number of rotatable bonds is 5. The summed E-state index contributed by atoms with van der Waals surface area (Å²) in [4.78, 5) is 2.76. The number of nitrogens with zero attached hydrogens (tertiary/aromatic N) is 2. The number of hydrogen-bond donors (Lipinski definition) is 0. The minimum Gasteiger partial charge on any atom is -0.374 e. The van der Waals surface area contributed by atoms with Gasteiger partial charge in [0.1, 0.15) is 0 Å². The topological polar surface area (TPSA) is 49.9 Å². The molecule has 2 aromatic rings. The second-order valence-electron chi connectivity index (χ2n) is 7.38. The van der Waals surface area contributed by atoms with Gasteiger partial charge >= 0.3 is 0 Å². The van der Waals surface area contributed by atoms with Crippen molar-refractivity contribution in [2.75, 3.05) is 32.8 Å². The maximum Gasteiger partial charge on any atom is 0.243 e. The van der Waals surface area contributed by atoms with Crippen LogP contribution < -0.4 is 0 Å². The first-order chi connectivity index (χ1) is 13.0. The summed E-state index contributed by atoms with van der Waals surface area (Å²) in [6, 6.07) is 17.6. The van der Waals surface area contributed by atoms with Crippen molar-refractivity contribution in [2.45, 2.75) is 30.4 Å². The Morgan fingerprint density at radius 1 is 1.04 bits per heavy atom. The molecule has 6 heteroatoms. The summed E-state index contributed by atoms with van der Waals surface area (Å²) >= 11 is 0. The fourth-order valence-electron chi connectivity index (χ4n) is 3.98. The maximum absolute atomic E-state index is 13.0. The zero-order chi connectivity index (χ0) is 18.9. The molecule has 2 aromatic carbocycles. The first kappa shape index (κ1) is 18.6. The Hall–Kier alpha value is -1.73. The summed E-state index contributed by atoms with van der Waals surface area (Å²) in [5, 5.41) is 0. The molecule has 0 N–H and O–H groups in total. The third-order valence-electron chi connectivity index (χ3n) is 5.57. The van der Waals surface area contributed by atoms with E-state index in [2.05, 4.69) is 29.2 Å². The Balaban J connectivity index is 1.46. The lowest BCUT2D eigenvalue weighted by Gasteiger charge is -2.36. The molecule has 5 nitrogen and oxygen atoms in total. The smallest absolute Gasteiger partial charge is 0.243 e. The van der Waals surface area contributed by atoms with Gasteiger partial charge in [0.15, 0.2) is 0 Å². The van der Waals surface area contributed by atoms with E-state index in [0.29, 0.717) is 24.6 Å². The Bertz CT molecular complexity index is 868. The fourth-order valence-corrected chi connectivity index (χ4v) is 5.45. The molecule has 0 aliphatic carbocycles. The van der Waals surface area contributed by atoms with E-state index in [4.69, 9.17) is 4.74 Å². The highest BCUT2D eigenvalue weighted by Crippen LogP contribution is 2.28. The lowest BCUT2D eigenvalue weighted by Crippen LogP contribution is -2.51. The zero-order valence-electron chi connectivity index (χ0n) is 15.6. The van der Waals surface area contributed by atoms with Crippen LogP contribution in [0.5, 0.6) is 0 Å². The normalized spacial score (nSPS) is 24.0. The Labute approximate surface area is 161 Å². The minimum atomic E-state index is -3.48. The van der Waals surface area contributed by atoms with E-state index < -0.39 is 10.0 Å². The molecule has 2 fully saturated rings. The van der Waals surface area contributed by atoms with Crippen LogP contribution in [-0.4, -0.2) is 62.6 Å². The monoisotopic (exact) mass is 386 g/mol. The molecule has 0 spiro atoms. The van der Waals surface area contributed by atoms with Crippen LogP contribution >= 0.6 is 0 Å². The first-order valence-corrected chi connectivity index (χ1v) is 10.9. The third-order valence-corrected chi connectivity index (χ3v) is 7.42. The predicted molar refractivity (Wildman–Crippen MR) is 105 cm³/mol. The van der Waals surface area contributed by atoms with Crippen LogP contribution in [-0.2, 0) is 21.2 Å². The second-order valence-corrected chi connectivity index (χ2v) is 9.32. The molecule has 0 saturated carbocycles. The first-order valence-electron chi connectivity index (χ1n) is 9.50. The van der Waals surface area contributed by atoms with Crippen molar-refractivity contribution in [3.8, 4) is 0 Å². The van der Waals surface area contributed by atoms with Gasteiger partial charge in [0, 0.05) is 26.2 Å². The molecule has 2 aliphatic heterocycles. The number of hydrogen-bond acceptors (Lipinski definition) is 4. The van der Waals surface area contributed by atoms with Gasteiger partial charge < -0.3 is 4.74 Å². The predicted octanol–water partition coefficient (Wildman–Crippen LogP) is 2.31. The molecule has 0 bridgehead atoms. The van der Waals surface area contributed by atoms with E-state index >= 15 is 0 Å². The van der Waals surface area contributed by atoms with E-state index in [-0.39, 0.29) is 12.1 Å². The van der Waals surface area contributed by atoms with Gasteiger partial charge in [-0.1, -0.05) is 48.0 Å².